The van der Waals surface area contributed by atoms with Crippen LogP contribution in [0.4, 0.5) is 0 Å². The van der Waals surface area contributed by atoms with E-state index in [0.717, 1.165) is 5.88 Å². The molecule has 0 radical (unpaired) electrons. The van der Waals surface area contributed by atoms with Gasteiger partial charge in [-0.05, 0) is 33.9 Å². The fraction of sp³-hybridized carbons (Fsp3) is 0.667. The molecule has 1 aromatic rings. The molecule has 13 heavy (non-hydrogen) atoms. The molecule has 0 unspecified atom stereocenters. The van der Waals surface area contributed by atoms with Crippen LogP contribution in [0, 0.1) is 0 Å². The van der Waals surface area contributed by atoms with Gasteiger partial charge in [-0.25, -0.2) is 4.68 Å². The van der Waals surface area contributed by atoms with Gasteiger partial charge in [-0.3, -0.25) is 0 Å². The molecule has 0 saturated heterocycles. The second-order valence-electron chi connectivity index (χ2n) is 4.42. The second-order valence-corrected chi connectivity index (χ2v) is 6.75. The Hall–Kier alpha value is -0.773. The van der Waals surface area contributed by atoms with Gasteiger partial charge in [0, 0.05) is 6.07 Å². The summed E-state index contributed by atoms with van der Waals surface area (Å²) >= 11 is 0. The van der Waals surface area contributed by atoms with Crippen molar-refractivity contribution in [1.82, 2.24) is 9.78 Å². The lowest BCUT2D eigenvalue weighted by Gasteiger charge is -2.23. The summed E-state index contributed by atoms with van der Waals surface area (Å²) in [4.78, 5) is 0. The van der Waals surface area contributed by atoms with E-state index in [0.29, 0.717) is 0 Å². The maximum atomic E-state index is 5.75. The highest BCUT2D eigenvalue weighted by atomic mass is 28.3. The first-order valence-electron chi connectivity index (χ1n) is 4.62. The van der Waals surface area contributed by atoms with Crippen molar-refractivity contribution in [1.29, 1.82) is 0 Å². The molecule has 0 aliphatic rings. The van der Waals surface area contributed by atoms with Gasteiger partial charge in [-0.2, -0.15) is 5.10 Å². The summed E-state index contributed by atoms with van der Waals surface area (Å²) in [6.45, 7) is 10.7. The standard InChI is InChI=1S/C9H18N2OSi/c1-9(2,3)11-8(6-7-10-11)12-13(4)5/h6-7,13H,1-5H3. The van der Waals surface area contributed by atoms with E-state index in [2.05, 4.69) is 39.0 Å². The Morgan fingerprint density at radius 1 is 1.38 bits per heavy atom. The Morgan fingerprint density at radius 3 is 2.46 bits per heavy atom. The van der Waals surface area contributed by atoms with Crippen LogP contribution in [0.25, 0.3) is 0 Å². The molecule has 1 aromatic heterocycles. The van der Waals surface area contributed by atoms with Crippen LogP contribution in [0.3, 0.4) is 0 Å². The largest absolute Gasteiger partial charge is 0.534 e. The SMILES string of the molecule is C[SiH](C)Oc1ccnn1C(C)(C)C. The number of aromatic nitrogens is 2. The predicted molar refractivity (Wildman–Crippen MR) is 56.7 cm³/mol. The van der Waals surface area contributed by atoms with Crippen molar-refractivity contribution in [3.05, 3.63) is 12.3 Å². The molecule has 0 aromatic carbocycles. The van der Waals surface area contributed by atoms with Gasteiger partial charge in [-0.15, -0.1) is 0 Å². The fourth-order valence-corrected chi connectivity index (χ4v) is 1.79. The molecule has 1 rings (SSSR count). The third-order valence-corrected chi connectivity index (χ3v) is 2.31. The average molecular weight is 198 g/mol. The number of hydrogen-bond acceptors (Lipinski definition) is 2. The Kier molecular flexibility index (Phi) is 2.80. The van der Waals surface area contributed by atoms with Gasteiger partial charge in [0.2, 0.25) is 9.04 Å². The smallest absolute Gasteiger partial charge is 0.231 e. The van der Waals surface area contributed by atoms with Crippen molar-refractivity contribution in [2.24, 2.45) is 0 Å². The van der Waals surface area contributed by atoms with Crippen LogP contribution in [0.2, 0.25) is 13.1 Å². The maximum absolute atomic E-state index is 5.75. The summed E-state index contributed by atoms with van der Waals surface area (Å²) in [7, 11) is -1.02. The lowest BCUT2D eigenvalue weighted by Crippen LogP contribution is -2.26. The van der Waals surface area contributed by atoms with Gasteiger partial charge in [0.05, 0.1) is 11.7 Å². The minimum atomic E-state index is -1.02. The molecule has 0 fully saturated rings. The van der Waals surface area contributed by atoms with Crippen LogP contribution in [-0.4, -0.2) is 18.8 Å². The molecule has 0 atom stereocenters. The highest BCUT2D eigenvalue weighted by Crippen LogP contribution is 2.21. The van der Waals surface area contributed by atoms with Gasteiger partial charge in [0.25, 0.3) is 0 Å². The fourth-order valence-electron chi connectivity index (χ4n) is 1.13. The van der Waals surface area contributed by atoms with Gasteiger partial charge >= 0.3 is 0 Å². The Labute approximate surface area is 81.4 Å². The van der Waals surface area contributed by atoms with Crippen LogP contribution in [0.1, 0.15) is 20.8 Å². The van der Waals surface area contributed by atoms with Crippen molar-refractivity contribution >= 4 is 9.04 Å². The monoisotopic (exact) mass is 198 g/mol. The van der Waals surface area contributed by atoms with Crippen molar-refractivity contribution in [2.75, 3.05) is 0 Å². The zero-order chi connectivity index (χ0) is 10.1. The van der Waals surface area contributed by atoms with E-state index in [9.17, 15) is 0 Å². The molecule has 3 nitrogen and oxygen atoms in total. The summed E-state index contributed by atoms with van der Waals surface area (Å²) < 4.78 is 7.68. The first kappa shape index (κ1) is 10.3. The highest BCUT2D eigenvalue weighted by molar-refractivity contribution is 6.49. The zero-order valence-electron chi connectivity index (χ0n) is 9.03. The quantitative estimate of drug-likeness (QED) is 0.680. The maximum Gasteiger partial charge on any atom is 0.231 e. The van der Waals surface area contributed by atoms with Crippen LogP contribution >= 0.6 is 0 Å². The summed E-state index contributed by atoms with van der Waals surface area (Å²) in [5.41, 5.74) is 0.00211. The third kappa shape index (κ3) is 2.59. The van der Waals surface area contributed by atoms with Gasteiger partial charge < -0.3 is 4.43 Å². The summed E-state index contributed by atoms with van der Waals surface area (Å²) in [5, 5.41) is 4.25. The van der Waals surface area contributed by atoms with Crippen molar-refractivity contribution in [3.8, 4) is 5.88 Å². The number of nitrogens with zero attached hydrogens (tertiary/aromatic N) is 2. The summed E-state index contributed by atoms with van der Waals surface area (Å²) in [5.74, 6) is 0.897. The van der Waals surface area contributed by atoms with Crippen molar-refractivity contribution in [3.63, 3.8) is 0 Å². The highest BCUT2D eigenvalue weighted by Gasteiger charge is 2.18. The van der Waals surface area contributed by atoms with Crippen LogP contribution in [0.5, 0.6) is 5.88 Å². The van der Waals surface area contributed by atoms with Gasteiger partial charge in [0.15, 0.2) is 5.88 Å². The van der Waals surface area contributed by atoms with Gasteiger partial charge in [-0.1, -0.05) is 0 Å². The molecular weight excluding hydrogens is 180 g/mol. The van der Waals surface area contributed by atoms with E-state index in [1.54, 1.807) is 6.20 Å². The van der Waals surface area contributed by atoms with Crippen molar-refractivity contribution < 1.29 is 4.43 Å². The minimum absolute atomic E-state index is 0.00211. The molecule has 0 saturated carbocycles. The van der Waals surface area contributed by atoms with Gasteiger partial charge in [0.1, 0.15) is 0 Å². The first-order chi connectivity index (χ1) is 5.91. The molecule has 0 N–H and O–H groups in total. The first-order valence-corrected chi connectivity index (χ1v) is 7.40. The van der Waals surface area contributed by atoms with Crippen LogP contribution in [-0.2, 0) is 5.54 Å². The predicted octanol–water partition coefficient (Wildman–Crippen LogP) is 2.00. The molecular formula is C9H18N2OSi. The van der Waals surface area contributed by atoms with Crippen LogP contribution in [0.15, 0.2) is 12.3 Å². The summed E-state index contributed by atoms with van der Waals surface area (Å²) in [6, 6.07) is 1.93. The lowest BCUT2D eigenvalue weighted by atomic mass is 10.1. The molecule has 4 heteroatoms. The van der Waals surface area contributed by atoms with E-state index >= 15 is 0 Å². The third-order valence-electron chi connectivity index (χ3n) is 1.60. The minimum Gasteiger partial charge on any atom is -0.534 e. The topological polar surface area (TPSA) is 27.1 Å². The molecule has 74 valence electrons. The number of hydrogen-bond donors (Lipinski definition) is 0. The Balaban J connectivity index is 2.90. The molecule has 0 amide bonds. The molecule has 0 bridgehead atoms. The second kappa shape index (κ2) is 3.53. The number of rotatable bonds is 2. The Morgan fingerprint density at radius 2 is 2.00 bits per heavy atom. The lowest BCUT2D eigenvalue weighted by molar-refractivity contribution is 0.319. The van der Waals surface area contributed by atoms with E-state index in [1.807, 2.05) is 10.7 Å². The molecule has 0 aliphatic heterocycles. The zero-order valence-corrected chi connectivity index (χ0v) is 10.2. The van der Waals surface area contributed by atoms with E-state index < -0.39 is 9.04 Å². The van der Waals surface area contributed by atoms with E-state index in [-0.39, 0.29) is 5.54 Å². The molecule has 0 spiro atoms. The van der Waals surface area contributed by atoms with Crippen LogP contribution < -0.4 is 4.43 Å². The van der Waals surface area contributed by atoms with E-state index in [1.165, 1.54) is 0 Å². The Bertz CT molecular complexity index is 275. The normalized spacial score (nSPS) is 12.2. The average Bonchev–Trinajstić information content (AvgIpc) is 2.31. The molecule has 0 aliphatic carbocycles. The molecule has 1 heterocycles. The summed E-state index contributed by atoms with van der Waals surface area (Å²) in [6.07, 6.45) is 1.79. The van der Waals surface area contributed by atoms with Crippen molar-refractivity contribution in [2.45, 2.75) is 39.4 Å². The van der Waals surface area contributed by atoms with E-state index in [4.69, 9.17) is 4.43 Å².